The monoisotopic (exact) mass is 750 g/mol. The first kappa shape index (κ1) is 44.1. The van der Waals surface area contributed by atoms with Crippen LogP contribution in [0, 0.1) is 11.8 Å². The van der Waals surface area contributed by atoms with Crippen molar-refractivity contribution in [3.63, 3.8) is 0 Å². The molecule has 2 saturated heterocycles. The Bertz CT molecular complexity index is 1340. The lowest BCUT2D eigenvalue weighted by Gasteiger charge is -2.38. The number of epoxide rings is 1. The highest BCUT2D eigenvalue weighted by Gasteiger charge is 2.47. The highest BCUT2D eigenvalue weighted by atomic mass is 16.6. The summed E-state index contributed by atoms with van der Waals surface area (Å²) in [5.41, 5.74) is -1.91. The molecule has 53 heavy (non-hydrogen) atoms. The number of aliphatic hydroxyl groups excluding tert-OH is 2. The lowest BCUT2D eigenvalue weighted by atomic mass is 9.88. The number of allylic oxidation sites excluding steroid dienone is 2. The van der Waals surface area contributed by atoms with Crippen molar-refractivity contribution in [3.05, 3.63) is 36.0 Å². The number of carbonyl (C=O) groups is 4. The van der Waals surface area contributed by atoms with Gasteiger partial charge in [-0.1, -0.05) is 45.1 Å². The normalized spacial score (nSPS) is 31.3. The number of ether oxygens (including phenoxy) is 5. The highest BCUT2D eigenvalue weighted by Crippen LogP contribution is 2.38. The van der Waals surface area contributed by atoms with E-state index >= 15 is 0 Å². The molecular weight excluding hydrogens is 688 g/mol. The number of piperazine rings is 1. The Hall–Kier alpha value is -3.30. The molecule has 0 saturated carbocycles. The molecule has 14 nitrogen and oxygen atoms in total. The molecule has 3 N–H and O–H groups in total. The average molecular weight is 751 g/mol. The second-order valence-electron chi connectivity index (χ2n) is 15.1. The molecule has 0 radical (unpaired) electrons. The Labute approximate surface area is 314 Å². The van der Waals surface area contributed by atoms with Gasteiger partial charge in [-0.05, 0) is 58.6 Å². The van der Waals surface area contributed by atoms with Gasteiger partial charge >= 0.3 is 24.0 Å². The summed E-state index contributed by atoms with van der Waals surface area (Å²) in [7, 11) is 0. The van der Waals surface area contributed by atoms with Gasteiger partial charge in [0.25, 0.3) is 0 Å². The van der Waals surface area contributed by atoms with Crippen LogP contribution in [-0.4, -0.2) is 136 Å². The number of nitrogens with zero attached hydrogens (tertiary/aromatic N) is 2. The van der Waals surface area contributed by atoms with Gasteiger partial charge in [0.1, 0.15) is 11.7 Å². The molecule has 1 amide bonds. The van der Waals surface area contributed by atoms with Crippen molar-refractivity contribution in [2.75, 3.05) is 39.3 Å². The van der Waals surface area contributed by atoms with Crippen LogP contribution in [0.25, 0.3) is 0 Å². The van der Waals surface area contributed by atoms with Crippen LogP contribution in [0.2, 0.25) is 0 Å². The van der Waals surface area contributed by atoms with E-state index in [2.05, 4.69) is 0 Å². The van der Waals surface area contributed by atoms with Crippen molar-refractivity contribution >= 4 is 24.0 Å². The van der Waals surface area contributed by atoms with Crippen LogP contribution in [0.4, 0.5) is 4.79 Å². The maximum Gasteiger partial charge on any atom is 0.410 e. The third kappa shape index (κ3) is 13.8. The number of hydrogen-bond acceptors (Lipinski definition) is 13. The second-order valence-corrected chi connectivity index (χ2v) is 15.1. The van der Waals surface area contributed by atoms with Crippen LogP contribution in [0.1, 0.15) is 87.5 Å². The minimum absolute atomic E-state index is 0.0365. The molecule has 10 atom stereocenters. The summed E-state index contributed by atoms with van der Waals surface area (Å²) in [6.45, 7) is 15.7. The number of amides is 1. The van der Waals surface area contributed by atoms with E-state index < -0.39 is 59.6 Å². The minimum atomic E-state index is -1.38. The molecule has 14 heteroatoms. The first-order valence-corrected chi connectivity index (χ1v) is 18.9. The van der Waals surface area contributed by atoms with Crippen molar-refractivity contribution in [1.29, 1.82) is 0 Å². The number of esters is 3. The molecule has 6 unspecified atom stereocenters. The maximum atomic E-state index is 13.5. The van der Waals surface area contributed by atoms with Gasteiger partial charge < -0.3 is 43.9 Å². The minimum Gasteiger partial charge on any atom is -0.465 e. The first-order valence-electron chi connectivity index (χ1n) is 18.9. The zero-order valence-corrected chi connectivity index (χ0v) is 32.7. The summed E-state index contributed by atoms with van der Waals surface area (Å²) in [5.74, 6) is -2.03. The van der Waals surface area contributed by atoms with Crippen LogP contribution < -0.4 is 0 Å². The standard InChI is InChI=1S/C39H62N2O12/c1-9-30(44)27(5)36-31(50-36)23-38(7,48)16-11-12-25(3)35-26(4)13-14-32(39(8,53-28(6)42)17-15-29(43)22-33(45)52-35)51-37(47)41-20-18-40(19-21-41)24-34(46)49-10-2/h11-14,16,26-27,29-32,35-36,43-44,48H,9-10,15,17-24H2,1-8H3/b14-13?,16-11+,25-12+/t26?,27-,29?,30+,31-,32?,35?,36-,38?,39?/m1/s1. The fourth-order valence-electron chi connectivity index (χ4n) is 6.89. The third-order valence-electron chi connectivity index (χ3n) is 10.2. The second kappa shape index (κ2) is 19.9. The largest absolute Gasteiger partial charge is 0.465 e. The van der Waals surface area contributed by atoms with Crippen LogP contribution in [0.5, 0.6) is 0 Å². The van der Waals surface area contributed by atoms with Gasteiger partial charge in [-0.3, -0.25) is 19.3 Å². The number of rotatable bonds is 13. The topological polar surface area (TPSA) is 185 Å². The Morgan fingerprint density at radius 2 is 1.83 bits per heavy atom. The van der Waals surface area contributed by atoms with Crippen molar-refractivity contribution in [1.82, 2.24) is 9.80 Å². The zero-order valence-electron chi connectivity index (χ0n) is 32.7. The summed E-state index contributed by atoms with van der Waals surface area (Å²) in [5, 5.41) is 32.1. The van der Waals surface area contributed by atoms with E-state index in [-0.39, 0.29) is 49.9 Å². The number of aliphatic hydroxyl groups is 3. The molecule has 0 aliphatic carbocycles. The van der Waals surface area contributed by atoms with Gasteiger partial charge in [-0.25, -0.2) is 4.79 Å². The van der Waals surface area contributed by atoms with E-state index in [0.29, 0.717) is 51.2 Å². The fourth-order valence-corrected chi connectivity index (χ4v) is 6.89. The molecular formula is C39H62N2O12. The van der Waals surface area contributed by atoms with E-state index in [0.717, 1.165) is 0 Å². The maximum absolute atomic E-state index is 13.5. The molecule has 0 bridgehead atoms. The van der Waals surface area contributed by atoms with Crippen molar-refractivity contribution in [2.45, 2.75) is 135 Å². The molecule has 300 valence electrons. The lowest BCUT2D eigenvalue weighted by Crippen LogP contribution is -2.52. The molecule has 3 rings (SSSR count). The van der Waals surface area contributed by atoms with Crippen molar-refractivity contribution in [3.8, 4) is 0 Å². The smallest absolute Gasteiger partial charge is 0.410 e. The average Bonchev–Trinajstić information content (AvgIpc) is 3.84. The van der Waals surface area contributed by atoms with Crippen LogP contribution in [0.15, 0.2) is 36.0 Å². The third-order valence-corrected chi connectivity index (χ3v) is 10.2. The fraction of sp³-hybridized carbons (Fsp3) is 0.744. The summed E-state index contributed by atoms with van der Waals surface area (Å²) < 4.78 is 28.5. The Morgan fingerprint density at radius 1 is 1.15 bits per heavy atom. The van der Waals surface area contributed by atoms with E-state index in [1.807, 2.05) is 25.7 Å². The zero-order chi connectivity index (χ0) is 39.5. The van der Waals surface area contributed by atoms with Gasteiger partial charge in [0, 0.05) is 51.4 Å². The lowest BCUT2D eigenvalue weighted by molar-refractivity contribution is -0.168. The van der Waals surface area contributed by atoms with E-state index in [1.54, 1.807) is 58.1 Å². The van der Waals surface area contributed by atoms with Crippen molar-refractivity contribution < 1.29 is 58.2 Å². The van der Waals surface area contributed by atoms with Crippen LogP contribution in [0.3, 0.4) is 0 Å². The quantitative estimate of drug-likeness (QED) is 0.0819. The number of carbonyl (C=O) groups excluding carboxylic acids is 4. The Balaban J connectivity index is 1.80. The molecule has 2 fully saturated rings. The molecule has 0 aromatic heterocycles. The van der Waals surface area contributed by atoms with E-state index in [1.165, 1.54) is 11.8 Å². The number of cyclic esters (lactones) is 1. The summed E-state index contributed by atoms with van der Waals surface area (Å²) in [4.78, 5) is 54.2. The summed E-state index contributed by atoms with van der Waals surface area (Å²) in [6.07, 6.45) is 4.97. The predicted octanol–water partition coefficient (Wildman–Crippen LogP) is 3.46. The van der Waals surface area contributed by atoms with Gasteiger partial charge in [0.05, 0.1) is 49.6 Å². The summed E-state index contributed by atoms with van der Waals surface area (Å²) >= 11 is 0. The first-order chi connectivity index (χ1) is 24.9. The molecule has 3 aliphatic heterocycles. The van der Waals surface area contributed by atoms with Crippen LogP contribution in [-0.2, 0) is 38.1 Å². The summed E-state index contributed by atoms with van der Waals surface area (Å²) in [6, 6.07) is 0. The van der Waals surface area contributed by atoms with Gasteiger partial charge in [0.15, 0.2) is 6.10 Å². The molecule has 0 aromatic carbocycles. The van der Waals surface area contributed by atoms with Gasteiger partial charge in [-0.15, -0.1) is 0 Å². The number of hydrogen-bond donors (Lipinski definition) is 3. The molecule has 3 heterocycles. The molecule has 3 aliphatic rings. The molecule has 0 spiro atoms. The van der Waals surface area contributed by atoms with Crippen molar-refractivity contribution in [2.24, 2.45) is 11.8 Å². The van der Waals surface area contributed by atoms with E-state index in [4.69, 9.17) is 23.7 Å². The SMILES string of the molecule is CCOC(=O)CN1CCN(C(=O)OC2C=CC(C)C(/C(C)=C/C=C/C(C)(O)C[C@H]3O[C@@H]3[C@H](C)[C@@H](O)CC)OC(=O)CC(O)CCC2(C)OC(C)=O)CC1. The predicted molar refractivity (Wildman–Crippen MR) is 195 cm³/mol. The highest BCUT2D eigenvalue weighted by molar-refractivity contribution is 5.72. The van der Waals surface area contributed by atoms with Gasteiger partial charge in [-0.2, -0.15) is 0 Å². The van der Waals surface area contributed by atoms with Crippen LogP contribution >= 0.6 is 0 Å². The molecule has 0 aromatic rings. The van der Waals surface area contributed by atoms with Gasteiger partial charge in [0.2, 0.25) is 0 Å². The Kier molecular flexibility index (Phi) is 16.5. The van der Waals surface area contributed by atoms with E-state index in [9.17, 15) is 34.5 Å². The Morgan fingerprint density at radius 3 is 2.45 bits per heavy atom.